The molecule has 0 atom stereocenters. The molecular weight excluding hydrogens is 478 g/mol. The van der Waals surface area contributed by atoms with E-state index in [-0.39, 0.29) is 6.61 Å². The average Bonchev–Trinajstić information content (AvgIpc) is 3.24. The fourth-order valence-corrected chi connectivity index (χ4v) is 6.42. The first-order valence-electron chi connectivity index (χ1n) is 9.97. The molecule has 0 aliphatic heterocycles. The number of nitrogen functional groups attached to an aromatic ring is 1. The number of carbonyl (C=O) groups excluding carboxylic acids is 1. The highest BCUT2D eigenvalue weighted by molar-refractivity contribution is 7.38. The maximum atomic E-state index is 12.2. The van der Waals surface area contributed by atoms with Crippen LogP contribution in [0.25, 0.3) is 9.40 Å². The number of fused-ring (bicyclic) bond motifs is 1. The van der Waals surface area contributed by atoms with Gasteiger partial charge in [0.1, 0.15) is 22.7 Å². The first-order valence-corrected chi connectivity index (χ1v) is 12.4. The Morgan fingerprint density at radius 1 is 1.18 bits per heavy atom. The predicted octanol–water partition coefficient (Wildman–Crippen LogP) is 5.27. The number of ether oxygens (including phenoxy) is 1. The molecular formula is C23H17N3O4S3. The summed E-state index contributed by atoms with van der Waals surface area (Å²) in [6.07, 6.45) is 0.750. The number of aliphatic carboxylic acids is 1. The van der Waals surface area contributed by atoms with Gasteiger partial charge in [0.15, 0.2) is 5.69 Å². The molecule has 1 aliphatic carbocycles. The van der Waals surface area contributed by atoms with Crippen molar-refractivity contribution in [2.75, 3.05) is 11.1 Å². The molecule has 7 nitrogen and oxygen atoms in total. The van der Waals surface area contributed by atoms with Gasteiger partial charge in [0.25, 0.3) is 0 Å². The Balaban J connectivity index is 1.29. The summed E-state index contributed by atoms with van der Waals surface area (Å²) in [5.74, 6) is 5.30. The third-order valence-corrected chi connectivity index (χ3v) is 8.49. The van der Waals surface area contributed by atoms with E-state index in [4.69, 9.17) is 10.5 Å². The third-order valence-electron chi connectivity index (χ3n) is 5.31. The van der Waals surface area contributed by atoms with Gasteiger partial charge in [-0.05, 0) is 53.9 Å². The number of hydrogen-bond acceptors (Lipinski definition) is 8. The molecule has 166 valence electrons. The number of anilines is 2. The zero-order valence-corrected chi connectivity index (χ0v) is 19.5. The summed E-state index contributed by atoms with van der Waals surface area (Å²) in [4.78, 5) is 25.5. The summed E-state index contributed by atoms with van der Waals surface area (Å²) < 4.78 is 10.5. The average molecular weight is 496 g/mol. The predicted molar refractivity (Wildman–Crippen MR) is 131 cm³/mol. The highest BCUT2D eigenvalue weighted by Crippen LogP contribution is 2.52. The molecule has 3 heterocycles. The molecule has 0 unspecified atom stereocenters. The summed E-state index contributed by atoms with van der Waals surface area (Å²) in [7, 11) is 0. The molecule has 0 spiro atoms. The van der Waals surface area contributed by atoms with Gasteiger partial charge < -0.3 is 15.6 Å². The van der Waals surface area contributed by atoms with Crippen molar-refractivity contribution in [2.45, 2.75) is 24.9 Å². The second-order valence-corrected chi connectivity index (χ2v) is 10.7. The van der Waals surface area contributed by atoms with E-state index in [1.807, 2.05) is 42.5 Å². The Kier molecular flexibility index (Phi) is 5.54. The van der Waals surface area contributed by atoms with Crippen LogP contribution in [0.4, 0.5) is 15.5 Å². The summed E-state index contributed by atoms with van der Waals surface area (Å²) in [5.41, 5.74) is 6.86. The van der Waals surface area contributed by atoms with Crippen molar-refractivity contribution in [1.82, 2.24) is 4.37 Å². The van der Waals surface area contributed by atoms with Crippen LogP contribution in [0.5, 0.6) is 0 Å². The number of nitrogens with one attached hydrogen (secondary N) is 1. The van der Waals surface area contributed by atoms with E-state index in [9.17, 15) is 14.7 Å². The number of carboxylic acids is 1. The van der Waals surface area contributed by atoms with Crippen LogP contribution < -0.4 is 11.1 Å². The zero-order valence-electron chi connectivity index (χ0n) is 17.1. The van der Waals surface area contributed by atoms with Crippen molar-refractivity contribution in [3.05, 3.63) is 63.5 Å². The van der Waals surface area contributed by atoms with Crippen LogP contribution in [0.1, 0.15) is 33.9 Å². The highest BCUT2D eigenvalue weighted by atomic mass is 32.2. The van der Waals surface area contributed by atoms with Crippen LogP contribution in [0.3, 0.4) is 0 Å². The van der Waals surface area contributed by atoms with Gasteiger partial charge in [-0.25, -0.2) is 4.79 Å². The summed E-state index contributed by atoms with van der Waals surface area (Å²) in [6, 6.07) is 13.3. The van der Waals surface area contributed by atoms with Crippen LogP contribution >= 0.6 is 34.2 Å². The van der Waals surface area contributed by atoms with Crippen LogP contribution in [0.2, 0.25) is 0 Å². The molecule has 10 heteroatoms. The number of hydrogen-bond donors (Lipinski definition) is 3. The third kappa shape index (κ3) is 4.30. The maximum Gasteiger partial charge on any atom is 0.412 e. The second-order valence-electron chi connectivity index (χ2n) is 7.56. The Morgan fingerprint density at radius 2 is 1.97 bits per heavy atom. The molecule has 33 heavy (non-hydrogen) atoms. The van der Waals surface area contributed by atoms with Gasteiger partial charge in [0, 0.05) is 10.3 Å². The van der Waals surface area contributed by atoms with E-state index in [0.717, 1.165) is 36.3 Å². The molecule has 1 amide bonds. The molecule has 0 radical (unpaired) electrons. The fraction of sp³-hybridized carbons (Fsp3) is 0.174. The number of amides is 1. The van der Waals surface area contributed by atoms with E-state index >= 15 is 0 Å². The largest absolute Gasteiger partial charge is 0.481 e. The number of thiophene rings is 2. The molecule has 1 fully saturated rings. The Bertz CT molecular complexity index is 1390. The number of nitrogens with two attached hydrogens (primary N) is 1. The minimum atomic E-state index is -0.750. The quantitative estimate of drug-likeness (QED) is 0.325. The zero-order chi connectivity index (χ0) is 23.0. The van der Waals surface area contributed by atoms with E-state index in [0.29, 0.717) is 29.2 Å². The van der Waals surface area contributed by atoms with Gasteiger partial charge in [-0.2, -0.15) is 4.37 Å². The molecule has 5 rings (SSSR count). The van der Waals surface area contributed by atoms with Crippen molar-refractivity contribution < 1.29 is 19.4 Å². The molecule has 0 saturated heterocycles. The van der Waals surface area contributed by atoms with Crippen molar-refractivity contribution in [3.63, 3.8) is 0 Å². The Hall–Kier alpha value is -3.39. The van der Waals surface area contributed by atoms with Crippen molar-refractivity contribution in [2.24, 2.45) is 0 Å². The molecule has 0 bridgehead atoms. The van der Waals surface area contributed by atoms with E-state index in [1.54, 1.807) is 0 Å². The van der Waals surface area contributed by atoms with E-state index in [1.165, 1.54) is 22.7 Å². The minimum Gasteiger partial charge on any atom is -0.481 e. The number of aromatic nitrogens is 1. The molecule has 4 N–H and O–H groups in total. The maximum absolute atomic E-state index is 12.2. The number of benzene rings is 1. The lowest BCUT2D eigenvalue weighted by Crippen LogP contribution is -2.17. The van der Waals surface area contributed by atoms with E-state index in [2.05, 4.69) is 21.5 Å². The van der Waals surface area contributed by atoms with Crippen molar-refractivity contribution in [3.8, 4) is 11.8 Å². The first-order chi connectivity index (χ1) is 15.9. The number of carbonyl (C=O) groups is 2. The first kappa shape index (κ1) is 21.5. The monoisotopic (exact) mass is 495 g/mol. The Labute approximate surface area is 201 Å². The number of nitrogens with zero attached hydrogens (tertiary/aromatic N) is 1. The van der Waals surface area contributed by atoms with Gasteiger partial charge in [0.2, 0.25) is 0 Å². The van der Waals surface area contributed by atoms with Crippen LogP contribution in [-0.2, 0) is 21.6 Å². The Morgan fingerprint density at radius 3 is 2.67 bits per heavy atom. The molecule has 1 aromatic carbocycles. The lowest BCUT2D eigenvalue weighted by Gasteiger charge is -2.06. The SMILES string of the molecule is Nc1snc(C#Cc2cc3cc(C4(C(=O)O)CC4)sc3s2)c1NC(=O)OCc1ccccc1. The van der Waals surface area contributed by atoms with Gasteiger partial charge in [-0.3, -0.25) is 10.1 Å². The fourth-order valence-electron chi connectivity index (χ4n) is 3.32. The van der Waals surface area contributed by atoms with E-state index < -0.39 is 17.5 Å². The van der Waals surface area contributed by atoms with Gasteiger partial charge in [-0.15, -0.1) is 22.7 Å². The normalized spacial score (nSPS) is 13.8. The van der Waals surface area contributed by atoms with Gasteiger partial charge in [-0.1, -0.05) is 30.3 Å². The number of carboxylic acid groups (broad SMARTS) is 1. The standard InChI is InChI=1S/C23H17N3O4S3/c24-19-18(25-22(29)30-12-13-4-2-1-3-5-13)16(26-33-19)7-6-15-10-14-11-17(32-20(14)31-15)23(8-9-23)21(27)28/h1-5,10-11H,8-9,12,24H2,(H,25,29)(H,27,28). The summed E-state index contributed by atoms with van der Waals surface area (Å²) >= 11 is 4.08. The highest BCUT2D eigenvalue weighted by Gasteiger charge is 2.53. The summed E-state index contributed by atoms with van der Waals surface area (Å²) in [6.45, 7) is 0.141. The van der Waals surface area contributed by atoms with Crippen LogP contribution in [-0.4, -0.2) is 21.5 Å². The smallest absolute Gasteiger partial charge is 0.412 e. The van der Waals surface area contributed by atoms with Crippen LogP contribution in [0, 0.1) is 11.8 Å². The van der Waals surface area contributed by atoms with Gasteiger partial charge >= 0.3 is 12.1 Å². The lowest BCUT2D eigenvalue weighted by molar-refractivity contribution is -0.139. The second kappa shape index (κ2) is 8.51. The van der Waals surface area contributed by atoms with Crippen LogP contribution in [0.15, 0.2) is 42.5 Å². The summed E-state index contributed by atoms with van der Waals surface area (Å²) in [5, 5.41) is 13.5. The molecule has 3 aromatic heterocycles. The van der Waals surface area contributed by atoms with Crippen molar-refractivity contribution in [1.29, 1.82) is 0 Å². The molecule has 4 aromatic rings. The molecule has 1 saturated carbocycles. The number of rotatable bonds is 5. The van der Waals surface area contributed by atoms with Crippen molar-refractivity contribution >= 4 is 66.4 Å². The van der Waals surface area contributed by atoms with Gasteiger partial charge in [0.05, 0.1) is 8.89 Å². The lowest BCUT2D eigenvalue weighted by atomic mass is 10.1. The topological polar surface area (TPSA) is 115 Å². The molecule has 1 aliphatic rings. The minimum absolute atomic E-state index is 0.141.